The zero-order valence-electron chi connectivity index (χ0n) is 19.7. The Hall–Kier alpha value is -2.31. The molecule has 0 aromatic heterocycles. The van der Waals surface area contributed by atoms with Crippen LogP contribution in [-0.2, 0) is 14.3 Å². The number of fused-ring (bicyclic) bond motifs is 1. The zero-order valence-corrected chi connectivity index (χ0v) is 20.5. The van der Waals surface area contributed by atoms with Crippen molar-refractivity contribution >= 4 is 36.1 Å². The maximum absolute atomic E-state index is 13.3. The molecule has 11 nitrogen and oxygen atoms in total. The minimum atomic E-state index is -1.48. The molecule has 0 aromatic rings. The van der Waals surface area contributed by atoms with Gasteiger partial charge in [-0.2, -0.15) is 0 Å². The average Bonchev–Trinajstić information content (AvgIpc) is 3.10. The highest BCUT2D eigenvalue weighted by Gasteiger charge is 2.60. The number of nitrogens with one attached hydrogen (secondary N) is 1. The second-order valence-corrected chi connectivity index (χ2v) is 10.9. The number of carbonyl (C=O) groups is 3. The number of carboxylic acid groups (broad SMARTS) is 1. The van der Waals surface area contributed by atoms with Gasteiger partial charge in [0.1, 0.15) is 0 Å². The number of β-lactam (4-membered cyclic amide) rings is 1. The van der Waals surface area contributed by atoms with Gasteiger partial charge < -0.3 is 24.7 Å². The summed E-state index contributed by atoms with van der Waals surface area (Å²) in [6.07, 6.45) is 0.450. The third kappa shape index (κ3) is 4.38. The number of nitrogens with zero attached hydrogens (tertiary/aromatic N) is 4. The zero-order chi connectivity index (χ0) is 24.7. The fourth-order valence-electron chi connectivity index (χ4n) is 5.61. The van der Waals surface area contributed by atoms with E-state index < -0.39 is 18.2 Å². The average molecular weight is 496 g/mol. The summed E-state index contributed by atoms with van der Waals surface area (Å²) < 4.78 is 5.05. The van der Waals surface area contributed by atoms with Gasteiger partial charge in [-0.1, -0.05) is 6.92 Å². The maximum Gasteiger partial charge on any atom is 0.512 e. The van der Waals surface area contributed by atoms with Crippen molar-refractivity contribution in [2.75, 3.05) is 39.8 Å². The van der Waals surface area contributed by atoms with Gasteiger partial charge >= 0.3 is 6.16 Å². The van der Waals surface area contributed by atoms with Crippen LogP contribution in [0.5, 0.6) is 0 Å². The largest absolute Gasteiger partial charge is 0.512 e. The van der Waals surface area contributed by atoms with E-state index in [0.29, 0.717) is 37.5 Å². The van der Waals surface area contributed by atoms with Gasteiger partial charge in [-0.15, -0.1) is 11.8 Å². The van der Waals surface area contributed by atoms with Gasteiger partial charge in [0.2, 0.25) is 17.7 Å². The number of likely N-dealkylation sites (tertiary alicyclic amines) is 1. The van der Waals surface area contributed by atoms with Crippen molar-refractivity contribution < 1.29 is 29.3 Å². The molecule has 4 aliphatic heterocycles. The van der Waals surface area contributed by atoms with Crippen LogP contribution < -0.4 is 0 Å². The SMILES string of the molecule is CC(O)C1C(=O)N2C(OC(=O)O)=C(SC3CC(C(=O)N4CCCN(C=N)CC4)N(C)C3)C(C)[C@@H]12. The van der Waals surface area contributed by atoms with Gasteiger partial charge in [-0.05, 0) is 26.8 Å². The Labute approximate surface area is 203 Å². The van der Waals surface area contributed by atoms with Crippen LogP contribution in [0, 0.1) is 17.2 Å². The van der Waals surface area contributed by atoms with Crippen LogP contribution >= 0.6 is 11.8 Å². The molecule has 2 amide bonds. The van der Waals surface area contributed by atoms with Crippen LogP contribution in [0.1, 0.15) is 26.7 Å². The molecule has 34 heavy (non-hydrogen) atoms. The lowest BCUT2D eigenvalue weighted by atomic mass is 9.79. The summed E-state index contributed by atoms with van der Waals surface area (Å²) in [7, 11) is 1.92. The van der Waals surface area contributed by atoms with E-state index in [1.54, 1.807) is 6.92 Å². The maximum atomic E-state index is 13.3. The van der Waals surface area contributed by atoms with E-state index in [2.05, 4.69) is 0 Å². The van der Waals surface area contributed by atoms with Crippen molar-refractivity contribution in [2.24, 2.45) is 11.8 Å². The van der Waals surface area contributed by atoms with Crippen LogP contribution in [0.4, 0.5) is 4.79 Å². The molecule has 5 unspecified atom stereocenters. The fourth-order valence-corrected chi connectivity index (χ4v) is 7.15. The number of aliphatic hydroxyl groups is 1. The normalized spacial score (nSPS) is 32.9. The standard InChI is InChI=1S/C22H33N5O6S/c1-12-17-16(13(2)28)20(30)27(17)21(33-22(31)32)18(12)34-14-9-15(24(3)10-14)19(29)26-6-4-5-25(11-23)7-8-26/h11-17,23,28H,4-10H2,1-3H3,(H,31,32)/t12?,13?,14?,15?,16?,17-/m0/s1. The molecule has 0 aromatic carbocycles. The molecule has 4 aliphatic rings. The first-order chi connectivity index (χ1) is 16.1. The molecule has 0 bridgehead atoms. The van der Waals surface area contributed by atoms with Gasteiger partial charge in [0.05, 0.1) is 35.3 Å². The predicted octanol–water partition coefficient (Wildman–Crippen LogP) is 0.655. The minimum Gasteiger partial charge on any atom is -0.449 e. The summed E-state index contributed by atoms with van der Waals surface area (Å²) in [5.74, 6) is -0.941. The minimum absolute atomic E-state index is 0.0349. The third-order valence-electron chi connectivity index (χ3n) is 7.36. The van der Waals surface area contributed by atoms with Crippen LogP contribution in [0.15, 0.2) is 10.8 Å². The Morgan fingerprint density at radius 1 is 1.26 bits per heavy atom. The summed E-state index contributed by atoms with van der Waals surface area (Å²) in [5.41, 5.74) is 0. The monoisotopic (exact) mass is 495 g/mol. The number of carbonyl (C=O) groups excluding carboxylic acids is 2. The Bertz CT molecular complexity index is 897. The van der Waals surface area contributed by atoms with Crippen molar-refractivity contribution in [3.8, 4) is 0 Å². The molecule has 12 heteroatoms. The number of hydrogen-bond donors (Lipinski definition) is 3. The lowest BCUT2D eigenvalue weighted by molar-refractivity contribution is -0.163. The molecule has 4 rings (SSSR count). The first-order valence-corrected chi connectivity index (χ1v) is 12.6. The van der Waals surface area contributed by atoms with Gasteiger partial charge in [0.25, 0.3) is 0 Å². The van der Waals surface area contributed by atoms with E-state index in [4.69, 9.17) is 10.1 Å². The van der Waals surface area contributed by atoms with Gasteiger partial charge in [-0.3, -0.25) is 24.8 Å². The van der Waals surface area contributed by atoms with Crippen molar-refractivity contribution in [3.05, 3.63) is 10.8 Å². The van der Waals surface area contributed by atoms with E-state index in [1.807, 2.05) is 28.7 Å². The van der Waals surface area contributed by atoms with Crippen molar-refractivity contribution in [3.63, 3.8) is 0 Å². The van der Waals surface area contributed by atoms with E-state index in [9.17, 15) is 24.6 Å². The number of rotatable bonds is 6. The molecular formula is C22H33N5O6S. The van der Waals surface area contributed by atoms with Crippen molar-refractivity contribution in [1.82, 2.24) is 19.6 Å². The number of likely N-dealkylation sites (N-methyl/N-ethyl adjacent to an activating group) is 1. The highest BCUT2D eigenvalue weighted by molar-refractivity contribution is 8.03. The molecule has 0 spiro atoms. The lowest BCUT2D eigenvalue weighted by Gasteiger charge is -2.45. The summed E-state index contributed by atoms with van der Waals surface area (Å²) in [5, 5.41) is 26.8. The summed E-state index contributed by atoms with van der Waals surface area (Å²) in [6.45, 7) is 6.83. The Kier molecular flexibility index (Phi) is 7.11. The van der Waals surface area contributed by atoms with Crippen molar-refractivity contribution in [1.29, 1.82) is 5.41 Å². The fraction of sp³-hybridized carbons (Fsp3) is 0.727. The van der Waals surface area contributed by atoms with E-state index in [1.165, 1.54) is 23.0 Å². The number of amides is 2. The molecule has 3 fully saturated rings. The summed E-state index contributed by atoms with van der Waals surface area (Å²) >= 11 is 1.48. The molecule has 6 atom stereocenters. The van der Waals surface area contributed by atoms with Crippen LogP contribution in [-0.4, -0.2) is 117 Å². The number of ether oxygens (including phenoxy) is 1. The van der Waals surface area contributed by atoms with E-state index >= 15 is 0 Å². The summed E-state index contributed by atoms with van der Waals surface area (Å²) in [4.78, 5) is 45.2. The molecule has 0 aliphatic carbocycles. The molecule has 3 saturated heterocycles. The highest BCUT2D eigenvalue weighted by Crippen LogP contribution is 2.52. The molecule has 0 radical (unpaired) electrons. The second-order valence-electron chi connectivity index (χ2n) is 9.57. The Morgan fingerprint density at radius 3 is 2.65 bits per heavy atom. The molecular weight excluding hydrogens is 462 g/mol. The third-order valence-corrected chi connectivity index (χ3v) is 8.84. The molecule has 0 saturated carbocycles. The van der Waals surface area contributed by atoms with E-state index in [-0.39, 0.29) is 40.9 Å². The lowest BCUT2D eigenvalue weighted by Crippen LogP contribution is -2.63. The van der Waals surface area contributed by atoms with Gasteiger partial charge in [-0.25, -0.2) is 4.79 Å². The first kappa shape index (κ1) is 24.8. The Balaban J connectivity index is 1.46. The molecule has 188 valence electrons. The highest BCUT2D eigenvalue weighted by atomic mass is 32.2. The quantitative estimate of drug-likeness (QED) is 0.210. The van der Waals surface area contributed by atoms with Crippen LogP contribution in [0.3, 0.4) is 0 Å². The topological polar surface area (TPSA) is 138 Å². The molecule has 3 N–H and O–H groups in total. The van der Waals surface area contributed by atoms with E-state index in [0.717, 1.165) is 13.0 Å². The predicted molar refractivity (Wildman–Crippen MR) is 125 cm³/mol. The summed E-state index contributed by atoms with van der Waals surface area (Å²) in [6, 6.07) is -0.594. The number of hydrogen-bond acceptors (Lipinski definition) is 8. The van der Waals surface area contributed by atoms with Crippen LogP contribution in [0.25, 0.3) is 0 Å². The van der Waals surface area contributed by atoms with Crippen molar-refractivity contribution in [2.45, 2.75) is 50.1 Å². The second kappa shape index (κ2) is 9.74. The number of aliphatic hydroxyl groups excluding tert-OH is 1. The first-order valence-electron chi connectivity index (χ1n) is 11.7. The number of thioether (sulfide) groups is 1. The van der Waals surface area contributed by atoms with Crippen LogP contribution in [0.2, 0.25) is 0 Å². The molecule has 4 heterocycles. The smallest absolute Gasteiger partial charge is 0.449 e. The van der Waals surface area contributed by atoms with Gasteiger partial charge in [0.15, 0.2) is 0 Å². The van der Waals surface area contributed by atoms with Gasteiger partial charge in [0, 0.05) is 43.9 Å². The Morgan fingerprint density at radius 2 is 2.00 bits per heavy atom.